The molecular weight excluding hydrogens is 240 g/mol. The normalized spacial score (nSPS) is 13.9. The van der Waals surface area contributed by atoms with Crippen molar-refractivity contribution < 1.29 is 4.79 Å². The fraction of sp³-hybridized carbons (Fsp3) is 0.357. The van der Waals surface area contributed by atoms with Crippen molar-refractivity contribution in [1.82, 2.24) is 20.1 Å². The van der Waals surface area contributed by atoms with Gasteiger partial charge in [0.05, 0.1) is 24.5 Å². The van der Waals surface area contributed by atoms with Gasteiger partial charge in [-0.05, 0) is 18.1 Å². The molecule has 5 heteroatoms. The number of pyridine rings is 1. The maximum atomic E-state index is 12.4. The number of H-pyrrole nitrogens is 1. The molecule has 3 heterocycles. The third kappa shape index (κ3) is 2.01. The highest BCUT2D eigenvalue weighted by Crippen LogP contribution is 2.28. The molecule has 1 N–H and O–H groups in total. The van der Waals surface area contributed by atoms with Crippen molar-refractivity contribution in [2.75, 3.05) is 0 Å². The molecule has 0 aromatic carbocycles. The van der Waals surface area contributed by atoms with Gasteiger partial charge in [0.25, 0.3) is 5.91 Å². The van der Waals surface area contributed by atoms with E-state index in [4.69, 9.17) is 0 Å². The largest absolute Gasteiger partial charge is 0.328 e. The van der Waals surface area contributed by atoms with Gasteiger partial charge < -0.3 is 4.90 Å². The third-order valence-corrected chi connectivity index (χ3v) is 3.44. The topological polar surface area (TPSA) is 61.9 Å². The number of amides is 1. The zero-order valence-corrected chi connectivity index (χ0v) is 11.1. The number of hydrogen-bond acceptors (Lipinski definition) is 3. The molecule has 0 bridgehead atoms. The summed E-state index contributed by atoms with van der Waals surface area (Å²) >= 11 is 0. The summed E-state index contributed by atoms with van der Waals surface area (Å²) in [5.74, 6) is 0.415. The van der Waals surface area contributed by atoms with Crippen LogP contribution in [0.4, 0.5) is 0 Å². The van der Waals surface area contributed by atoms with Crippen LogP contribution in [0.1, 0.15) is 47.1 Å². The molecule has 19 heavy (non-hydrogen) atoms. The van der Waals surface area contributed by atoms with E-state index in [2.05, 4.69) is 29.0 Å². The quantitative estimate of drug-likeness (QED) is 0.894. The van der Waals surface area contributed by atoms with Gasteiger partial charge in [0.15, 0.2) is 0 Å². The highest BCUT2D eigenvalue weighted by molar-refractivity contribution is 5.94. The number of carbonyl (C=O) groups excluding carboxylic acids is 1. The first kappa shape index (κ1) is 11.9. The van der Waals surface area contributed by atoms with Crippen molar-refractivity contribution in [2.24, 2.45) is 0 Å². The fourth-order valence-electron chi connectivity index (χ4n) is 2.46. The molecule has 0 aliphatic carbocycles. The Kier molecular flexibility index (Phi) is 2.81. The predicted molar refractivity (Wildman–Crippen MR) is 70.5 cm³/mol. The minimum atomic E-state index is 0.0432. The smallest absolute Gasteiger partial charge is 0.254 e. The van der Waals surface area contributed by atoms with Crippen LogP contribution < -0.4 is 0 Å². The van der Waals surface area contributed by atoms with E-state index in [0.29, 0.717) is 24.6 Å². The maximum absolute atomic E-state index is 12.4. The van der Waals surface area contributed by atoms with E-state index < -0.39 is 0 Å². The lowest BCUT2D eigenvalue weighted by atomic mass is 10.1. The molecule has 2 aromatic rings. The van der Waals surface area contributed by atoms with E-state index in [1.807, 2.05) is 4.90 Å². The molecule has 1 aliphatic heterocycles. The second kappa shape index (κ2) is 4.50. The van der Waals surface area contributed by atoms with Crippen molar-refractivity contribution in [2.45, 2.75) is 32.9 Å². The lowest BCUT2D eigenvalue weighted by molar-refractivity contribution is 0.0749. The van der Waals surface area contributed by atoms with E-state index in [1.165, 1.54) is 5.56 Å². The third-order valence-electron chi connectivity index (χ3n) is 3.44. The number of aromatic nitrogens is 3. The SMILES string of the molecule is CC(C)c1n[nH]c2c1CN(C(=O)c1ccncc1)C2. The van der Waals surface area contributed by atoms with Crippen LogP contribution in [0.25, 0.3) is 0 Å². The van der Waals surface area contributed by atoms with Crippen molar-refractivity contribution >= 4 is 5.91 Å². The first-order valence-electron chi connectivity index (χ1n) is 6.42. The molecule has 2 aromatic heterocycles. The van der Waals surface area contributed by atoms with E-state index in [0.717, 1.165) is 11.4 Å². The second-order valence-electron chi connectivity index (χ2n) is 5.12. The Morgan fingerprint density at radius 2 is 2.05 bits per heavy atom. The number of nitrogens with zero attached hydrogens (tertiary/aromatic N) is 3. The van der Waals surface area contributed by atoms with Gasteiger partial charge in [-0.25, -0.2) is 0 Å². The molecule has 98 valence electrons. The van der Waals surface area contributed by atoms with E-state index in [9.17, 15) is 4.79 Å². The maximum Gasteiger partial charge on any atom is 0.254 e. The summed E-state index contributed by atoms with van der Waals surface area (Å²) in [6, 6.07) is 3.49. The second-order valence-corrected chi connectivity index (χ2v) is 5.12. The molecule has 0 spiro atoms. The molecule has 0 atom stereocenters. The predicted octanol–water partition coefficient (Wildman–Crippen LogP) is 2.08. The van der Waals surface area contributed by atoms with Gasteiger partial charge in [-0.3, -0.25) is 14.9 Å². The molecule has 1 amide bonds. The summed E-state index contributed by atoms with van der Waals surface area (Å²) in [7, 11) is 0. The average Bonchev–Trinajstić information content (AvgIpc) is 2.98. The summed E-state index contributed by atoms with van der Waals surface area (Å²) < 4.78 is 0. The molecule has 3 rings (SSSR count). The average molecular weight is 256 g/mol. The minimum absolute atomic E-state index is 0.0432. The van der Waals surface area contributed by atoms with Crippen LogP contribution in [0, 0.1) is 0 Å². The lowest BCUT2D eigenvalue weighted by Gasteiger charge is -2.16. The van der Waals surface area contributed by atoms with Gasteiger partial charge in [-0.2, -0.15) is 5.10 Å². The number of aromatic amines is 1. The number of carbonyl (C=O) groups is 1. The minimum Gasteiger partial charge on any atom is -0.328 e. The van der Waals surface area contributed by atoms with Crippen molar-refractivity contribution in [1.29, 1.82) is 0 Å². The highest BCUT2D eigenvalue weighted by atomic mass is 16.2. The molecular formula is C14H16N4O. The van der Waals surface area contributed by atoms with Gasteiger partial charge in [0.1, 0.15) is 0 Å². The molecule has 0 saturated heterocycles. The standard InChI is InChI=1S/C14H16N4O/c1-9(2)13-11-7-18(8-12(11)16-17-13)14(19)10-3-5-15-6-4-10/h3-6,9H,7-8H2,1-2H3,(H,16,17). The van der Waals surface area contributed by atoms with Crippen LogP contribution >= 0.6 is 0 Å². The van der Waals surface area contributed by atoms with Crippen LogP contribution in [0.5, 0.6) is 0 Å². The Bertz CT molecular complexity index is 603. The number of rotatable bonds is 2. The van der Waals surface area contributed by atoms with Crippen LogP contribution in [-0.4, -0.2) is 26.0 Å². The summed E-state index contributed by atoms with van der Waals surface area (Å²) in [6.45, 7) is 5.48. The summed E-state index contributed by atoms with van der Waals surface area (Å²) in [4.78, 5) is 18.1. The first-order chi connectivity index (χ1) is 9.16. The monoisotopic (exact) mass is 256 g/mol. The molecule has 0 fully saturated rings. The number of hydrogen-bond donors (Lipinski definition) is 1. The van der Waals surface area contributed by atoms with Crippen molar-refractivity contribution in [3.05, 3.63) is 47.0 Å². The lowest BCUT2D eigenvalue weighted by Crippen LogP contribution is -2.25. The summed E-state index contributed by atoms with van der Waals surface area (Å²) in [6.07, 6.45) is 3.29. The van der Waals surface area contributed by atoms with E-state index in [1.54, 1.807) is 24.5 Å². The zero-order chi connectivity index (χ0) is 13.4. The first-order valence-corrected chi connectivity index (χ1v) is 6.42. The Morgan fingerprint density at radius 1 is 1.32 bits per heavy atom. The van der Waals surface area contributed by atoms with Crippen LogP contribution in [-0.2, 0) is 13.1 Å². The molecule has 0 unspecified atom stereocenters. The van der Waals surface area contributed by atoms with E-state index >= 15 is 0 Å². The molecule has 0 saturated carbocycles. The number of nitrogens with one attached hydrogen (secondary N) is 1. The highest BCUT2D eigenvalue weighted by Gasteiger charge is 2.29. The van der Waals surface area contributed by atoms with Crippen LogP contribution in [0.3, 0.4) is 0 Å². The van der Waals surface area contributed by atoms with Gasteiger partial charge in [-0.1, -0.05) is 13.8 Å². The van der Waals surface area contributed by atoms with Gasteiger partial charge >= 0.3 is 0 Å². The Morgan fingerprint density at radius 3 is 2.74 bits per heavy atom. The fourth-order valence-corrected chi connectivity index (χ4v) is 2.46. The number of fused-ring (bicyclic) bond motifs is 1. The summed E-state index contributed by atoms with van der Waals surface area (Å²) in [5.41, 5.74) is 3.99. The zero-order valence-electron chi connectivity index (χ0n) is 11.1. The van der Waals surface area contributed by atoms with Gasteiger partial charge in [0, 0.05) is 23.5 Å². The van der Waals surface area contributed by atoms with E-state index in [-0.39, 0.29) is 5.91 Å². The van der Waals surface area contributed by atoms with Crippen LogP contribution in [0.15, 0.2) is 24.5 Å². The molecule has 1 aliphatic rings. The molecule has 0 radical (unpaired) electrons. The van der Waals surface area contributed by atoms with Crippen LogP contribution in [0.2, 0.25) is 0 Å². The molecule has 5 nitrogen and oxygen atoms in total. The van der Waals surface area contributed by atoms with Crippen molar-refractivity contribution in [3.8, 4) is 0 Å². The van der Waals surface area contributed by atoms with Gasteiger partial charge in [-0.15, -0.1) is 0 Å². The summed E-state index contributed by atoms with van der Waals surface area (Å²) in [5, 5.41) is 7.38. The van der Waals surface area contributed by atoms with Crippen molar-refractivity contribution in [3.63, 3.8) is 0 Å². The Labute approximate surface area is 111 Å². The Hall–Kier alpha value is -2.17. The Balaban J connectivity index is 1.83. The van der Waals surface area contributed by atoms with Gasteiger partial charge in [0.2, 0.25) is 0 Å².